The topological polar surface area (TPSA) is 121 Å². The van der Waals surface area contributed by atoms with Crippen molar-refractivity contribution >= 4 is 27.2 Å². The molecule has 0 radical (unpaired) electrons. The Labute approximate surface area is 228 Å². The zero-order valence-corrected chi connectivity index (χ0v) is 22.8. The Morgan fingerprint density at radius 3 is 2.33 bits per heavy atom. The molecule has 1 aliphatic rings. The number of nitrogens with zero attached hydrogens (tertiary/aromatic N) is 4. The van der Waals surface area contributed by atoms with E-state index < -0.39 is 28.0 Å². The minimum Gasteiger partial charge on any atom is -0.384 e. The Morgan fingerprint density at radius 2 is 1.73 bits per heavy atom. The lowest BCUT2D eigenvalue weighted by atomic mass is 9.87. The summed E-state index contributed by atoms with van der Waals surface area (Å²) in [5, 5.41) is 16.7. The van der Waals surface area contributed by atoms with E-state index in [1.807, 2.05) is 20.8 Å². The summed E-state index contributed by atoms with van der Waals surface area (Å²) in [6.45, 7) is 7.12. The van der Waals surface area contributed by atoms with Crippen molar-refractivity contribution in [1.82, 2.24) is 15.1 Å². The van der Waals surface area contributed by atoms with Crippen LogP contribution in [0.5, 0.6) is 0 Å². The lowest BCUT2D eigenvalue weighted by Crippen LogP contribution is -2.31. The minimum atomic E-state index is -4.70. The molecular formula is C27H26F3N5O4S. The first-order valence-corrected chi connectivity index (χ1v) is 13.7. The first-order chi connectivity index (χ1) is 18.7. The van der Waals surface area contributed by atoms with E-state index in [0.717, 1.165) is 15.9 Å². The van der Waals surface area contributed by atoms with E-state index in [1.54, 1.807) is 24.3 Å². The van der Waals surface area contributed by atoms with Crippen LogP contribution in [-0.2, 0) is 28.2 Å². The fraction of sp³-hybridized carbons (Fsp3) is 0.296. The van der Waals surface area contributed by atoms with Crippen LogP contribution in [0.2, 0.25) is 0 Å². The number of aromatic nitrogens is 3. The molecular weight excluding hydrogens is 547 g/mol. The number of halogens is 3. The lowest BCUT2D eigenvalue weighted by molar-refractivity contribution is -0.141. The highest BCUT2D eigenvalue weighted by atomic mass is 32.2. The molecule has 40 heavy (non-hydrogen) atoms. The molecule has 1 aliphatic heterocycles. The van der Waals surface area contributed by atoms with Crippen molar-refractivity contribution in [1.29, 1.82) is 0 Å². The lowest BCUT2D eigenvalue weighted by Gasteiger charge is -2.26. The zero-order chi connectivity index (χ0) is 29.0. The summed E-state index contributed by atoms with van der Waals surface area (Å²) < 4.78 is 75.0. The Morgan fingerprint density at radius 1 is 1.02 bits per heavy atom. The molecule has 210 valence electrons. The van der Waals surface area contributed by atoms with Gasteiger partial charge in [0.15, 0.2) is 0 Å². The maximum atomic E-state index is 14.2. The SMILES string of the molecule is C[C@@H](O)c1nc(-c2cccc3c2N(S(=O)(=O)c2ccc(C(C)(C)C)cc2)Cc2ccc(C(F)(F)F)nc2N3)no1. The molecule has 0 aliphatic carbocycles. The van der Waals surface area contributed by atoms with Crippen LogP contribution in [0.1, 0.15) is 56.5 Å². The Balaban J connectivity index is 1.72. The molecule has 0 fully saturated rings. The van der Waals surface area contributed by atoms with Gasteiger partial charge in [-0.25, -0.2) is 13.4 Å². The van der Waals surface area contributed by atoms with E-state index in [2.05, 4.69) is 20.4 Å². The number of alkyl halides is 3. The molecule has 9 nitrogen and oxygen atoms in total. The first kappa shape index (κ1) is 27.6. The van der Waals surface area contributed by atoms with Gasteiger partial charge in [-0.1, -0.05) is 50.2 Å². The van der Waals surface area contributed by atoms with Gasteiger partial charge >= 0.3 is 6.18 Å². The van der Waals surface area contributed by atoms with E-state index in [4.69, 9.17) is 4.52 Å². The van der Waals surface area contributed by atoms with Crippen molar-refractivity contribution in [2.24, 2.45) is 0 Å². The van der Waals surface area contributed by atoms with Crippen LogP contribution in [0.4, 0.5) is 30.4 Å². The molecule has 3 heterocycles. The Bertz CT molecular complexity index is 1680. The fourth-order valence-corrected chi connectivity index (χ4v) is 5.79. The number of fused-ring (bicyclic) bond motifs is 2. The van der Waals surface area contributed by atoms with Gasteiger partial charge in [0, 0.05) is 11.1 Å². The van der Waals surface area contributed by atoms with Crippen molar-refractivity contribution in [3.63, 3.8) is 0 Å². The number of benzene rings is 2. The van der Waals surface area contributed by atoms with Crippen LogP contribution in [0, 0.1) is 0 Å². The number of hydrogen-bond donors (Lipinski definition) is 2. The van der Waals surface area contributed by atoms with Gasteiger partial charge in [0.25, 0.3) is 15.9 Å². The van der Waals surface area contributed by atoms with Gasteiger partial charge in [0.2, 0.25) is 5.82 Å². The normalized spacial score (nSPS) is 14.7. The van der Waals surface area contributed by atoms with E-state index >= 15 is 0 Å². The molecule has 4 aromatic rings. The maximum Gasteiger partial charge on any atom is 0.433 e. The summed E-state index contributed by atoms with van der Waals surface area (Å²) in [7, 11) is -4.27. The number of sulfonamides is 1. The predicted octanol–water partition coefficient (Wildman–Crippen LogP) is 5.95. The predicted molar refractivity (Wildman–Crippen MR) is 141 cm³/mol. The number of hydrogen-bond acceptors (Lipinski definition) is 8. The smallest absolute Gasteiger partial charge is 0.384 e. The molecule has 0 amide bonds. The molecule has 0 spiro atoms. The second kappa shape index (κ2) is 9.59. The van der Waals surface area contributed by atoms with Crippen LogP contribution < -0.4 is 9.62 Å². The van der Waals surface area contributed by atoms with Gasteiger partial charge in [0.05, 0.1) is 22.8 Å². The highest BCUT2D eigenvalue weighted by molar-refractivity contribution is 7.92. The number of pyridine rings is 1. The van der Waals surface area contributed by atoms with Crippen LogP contribution >= 0.6 is 0 Å². The van der Waals surface area contributed by atoms with Crippen molar-refractivity contribution in [2.45, 2.75) is 56.8 Å². The number of anilines is 3. The second-order valence-corrected chi connectivity index (χ2v) is 12.3. The van der Waals surface area contributed by atoms with Crippen molar-refractivity contribution in [3.8, 4) is 11.4 Å². The molecule has 0 saturated carbocycles. The molecule has 2 aromatic carbocycles. The zero-order valence-electron chi connectivity index (χ0n) is 22.0. The summed E-state index contributed by atoms with van der Waals surface area (Å²) in [6, 6.07) is 13.1. The second-order valence-electron chi connectivity index (χ2n) is 10.4. The average Bonchev–Trinajstić information content (AvgIpc) is 3.31. The fourth-order valence-electron chi connectivity index (χ4n) is 4.31. The maximum absolute atomic E-state index is 14.2. The number of rotatable bonds is 4. The molecule has 1 atom stereocenters. The third-order valence-corrected chi connectivity index (χ3v) is 8.23. The molecule has 2 N–H and O–H groups in total. The molecule has 0 bridgehead atoms. The first-order valence-electron chi connectivity index (χ1n) is 12.3. The third kappa shape index (κ3) is 5.02. The summed E-state index contributed by atoms with van der Waals surface area (Å²) >= 11 is 0. The van der Waals surface area contributed by atoms with E-state index in [1.165, 1.54) is 31.2 Å². The minimum absolute atomic E-state index is 0.00673. The number of para-hydroxylation sites is 1. The summed E-state index contributed by atoms with van der Waals surface area (Å²) in [5.74, 6) is -0.222. The van der Waals surface area contributed by atoms with Crippen LogP contribution in [0.25, 0.3) is 11.4 Å². The van der Waals surface area contributed by atoms with Gasteiger partial charge in [0.1, 0.15) is 17.6 Å². The quantitative estimate of drug-likeness (QED) is 0.307. The van der Waals surface area contributed by atoms with Crippen molar-refractivity contribution < 1.29 is 31.2 Å². The van der Waals surface area contributed by atoms with Gasteiger partial charge < -0.3 is 14.9 Å². The van der Waals surface area contributed by atoms with Gasteiger partial charge in [-0.2, -0.15) is 18.2 Å². The molecule has 0 unspecified atom stereocenters. The molecule has 2 aromatic heterocycles. The standard InChI is InChI=1S/C27H26F3N5O4S/c1-15(36)25-33-24(34-39-25)19-6-5-7-20-22(19)35(14-16-8-13-21(27(28,29)30)32-23(16)31-20)40(37,38)18-11-9-17(10-12-18)26(2,3)4/h5-13,15,36H,14H2,1-4H3,(H,31,32)/t15-/m1/s1. The van der Waals surface area contributed by atoms with Crippen LogP contribution in [0.3, 0.4) is 0 Å². The van der Waals surface area contributed by atoms with E-state index in [-0.39, 0.29) is 56.9 Å². The number of aliphatic hydroxyl groups is 1. The highest BCUT2D eigenvalue weighted by Gasteiger charge is 2.37. The van der Waals surface area contributed by atoms with Gasteiger partial charge in [-0.3, -0.25) is 4.31 Å². The van der Waals surface area contributed by atoms with E-state index in [9.17, 15) is 26.7 Å². The summed E-state index contributed by atoms with van der Waals surface area (Å²) in [6.07, 6.45) is -5.77. The van der Waals surface area contributed by atoms with Gasteiger partial charge in [-0.15, -0.1) is 0 Å². The average molecular weight is 574 g/mol. The molecule has 5 rings (SSSR count). The number of nitrogens with one attached hydrogen (secondary N) is 1. The largest absolute Gasteiger partial charge is 0.433 e. The van der Waals surface area contributed by atoms with Crippen LogP contribution in [0.15, 0.2) is 64.0 Å². The Kier molecular flexibility index (Phi) is 6.62. The molecule has 13 heteroatoms. The molecule has 0 saturated heterocycles. The van der Waals surface area contributed by atoms with Gasteiger partial charge in [-0.05, 0) is 48.2 Å². The summed E-state index contributed by atoms with van der Waals surface area (Å²) in [4.78, 5) is 7.95. The Hall–Kier alpha value is -3.97. The number of aliphatic hydroxyl groups excluding tert-OH is 1. The van der Waals surface area contributed by atoms with Crippen molar-refractivity contribution in [3.05, 3.63) is 77.3 Å². The third-order valence-electron chi connectivity index (χ3n) is 6.47. The van der Waals surface area contributed by atoms with Crippen molar-refractivity contribution in [2.75, 3.05) is 9.62 Å². The monoisotopic (exact) mass is 573 g/mol. The van der Waals surface area contributed by atoms with E-state index in [0.29, 0.717) is 0 Å². The summed E-state index contributed by atoms with van der Waals surface area (Å²) in [5.41, 5.74) is 0.299. The highest BCUT2D eigenvalue weighted by Crippen LogP contribution is 2.44. The van der Waals surface area contributed by atoms with Crippen LogP contribution in [-0.4, -0.2) is 28.6 Å².